The van der Waals surface area contributed by atoms with E-state index in [2.05, 4.69) is 31.3 Å². The lowest BCUT2D eigenvalue weighted by Crippen LogP contribution is -2.24. The van der Waals surface area contributed by atoms with Crippen LogP contribution < -0.4 is 5.32 Å². The van der Waals surface area contributed by atoms with E-state index < -0.39 is 0 Å². The molecule has 0 atom stereocenters. The molecule has 0 bridgehead atoms. The van der Waals surface area contributed by atoms with Crippen LogP contribution in [-0.4, -0.2) is 12.5 Å². The van der Waals surface area contributed by atoms with Crippen LogP contribution in [-0.2, 0) is 0 Å². The van der Waals surface area contributed by atoms with E-state index in [4.69, 9.17) is 0 Å². The third kappa shape index (κ3) is 3.93. The van der Waals surface area contributed by atoms with Crippen molar-refractivity contribution < 1.29 is 4.79 Å². The van der Waals surface area contributed by atoms with Gasteiger partial charge in [0.1, 0.15) is 0 Å². The molecule has 0 aliphatic carbocycles. The fourth-order valence-corrected chi connectivity index (χ4v) is 2.71. The maximum Gasteiger partial charge on any atom is 0.261 e. The van der Waals surface area contributed by atoms with Gasteiger partial charge in [-0.1, -0.05) is 44.2 Å². The van der Waals surface area contributed by atoms with Gasteiger partial charge in [-0.05, 0) is 30.0 Å². The van der Waals surface area contributed by atoms with Crippen molar-refractivity contribution in [3.05, 3.63) is 47.3 Å². The van der Waals surface area contributed by atoms with Crippen molar-refractivity contribution in [3.63, 3.8) is 0 Å². The molecule has 2 rings (SSSR count). The van der Waals surface area contributed by atoms with Crippen LogP contribution in [0.4, 0.5) is 0 Å². The van der Waals surface area contributed by atoms with Crippen molar-refractivity contribution in [2.24, 2.45) is 5.92 Å². The van der Waals surface area contributed by atoms with E-state index in [0.717, 1.165) is 28.3 Å². The third-order valence-corrected chi connectivity index (χ3v) is 4.03. The summed E-state index contributed by atoms with van der Waals surface area (Å²) >= 11 is 1.54. The summed E-state index contributed by atoms with van der Waals surface area (Å²) in [7, 11) is 0. The zero-order valence-corrected chi connectivity index (χ0v) is 12.2. The van der Waals surface area contributed by atoms with Crippen molar-refractivity contribution >= 4 is 17.2 Å². The predicted molar refractivity (Wildman–Crippen MR) is 81.5 cm³/mol. The van der Waals surface area contributed by atoms with Gasteiger partial charge in [0.05, 0.1) is 4.88 Å². The first-order valence-electron chi connectivity index (χ1n) is 6.60. The Morgan fingerprint density at radius 2 is 1.89 bits per heavy atom. The first-order chi connectivity index (χ1) is 9.16. The van der Waals surface area contributed by atoms with E-state index in [1.54, 1.807) is 11.3 Å². The van der Waals surface area contributed by atoms with Crippen LogP contribution in [0.2, 0.25) is 0 Å². The summed E-state index contributed by atoms with van der Waals surface area (Å²) in [6.07, 6.45) is 1.02. The Morgan fingerprint density at radius 3 is 2.58 bits per heavy atom. The number of rotatable bonds is 5. The SMILES string of the molecule is CC(C)CCNC(=O)c1ccc(-c2ccccc2)s1. The smallest absolute Gasteiger partial charge is 0.261 e. The lowest BCUT2D eigenvalue weighted by Gasteiger charge is -2.05. The minimum Gasteiger partial charge on any atom is -0.351 e. The van der Waals surface area contributed by atoms with E-state index in [9.17, 15) is 4.79 Å². The zero-order chi connectivity index (χ0) is 13.7. The Balaban J connectivity index is 1.99. The first-order valence-corrected chi connectivity index (χ1v) is 7.42. The molecule has 3 heteroatoms. The van der Waals surface area contributed by atoms with Crippen LogP contribution in [0.1, 0.15) is 29.9 Å². The zero-order valence-electron chi connectivity index (χ0n) is 11.3. The molecule has 0 saturated carbocycles. The largest absolute Gasteiger partial charge is 0.351 e. The van der Waals surface area contributed by atoms with Gasteiger partial charge in [0.2, 0.25) is 0 Å². The van der Waals surface area contributed by atoms with Crippen LogP contribution in [0.3, 0.4) is 0 Å². The Hall–Kier alpha value is -1.61. The number of carbonyl (C=O) groups is 1. The molecule has 100 valence electrons. The lowest BCUT2D eigenvalue weighted by molar-refractivity contribution is 0.0956. The van der Waals surface area contributed by atoms with Gasteiger partial charge in [-0.3, -0.25) is 4.79 Å². The molecule has 1 aromatic carbocycles. The Kier molecular flexibility index (Phi) is 4.74. The van der Waals surface area contributed by atoms with Gasteiger partial charge in [-0.15, -0.1) is 11.3 Å². The highest BCUT2D eigenvalue weighted by molar-refractivity contribution is 7.17. The molecule has 19 heavy (non-hydrogen) atoms. The van der Waals surface area contributed by atoms with Gasteiger partial charge in [0.15, 0.2) is 0 Å². The van der Waals surface area contributed by atoms with E-state index in [0.29, 0.717) is 5.92 Å². The van der Waals surface area contributed by atoms with Gasteiger partial charge in [0.25, 0.3) is 5.91 Å². The summed E-state index contributed by atoms with van der Waals surface area (Å²) in [6, 6.07) is 14.1. The number of hydrogen-bond acceptors (Lipinski definition) is 2. The summed E-state index contributed by atoms with van der Waals surface area (Å²) in [5.41, 5.74) is 1.16. The minimum atomic E-state index is 0.0350. The highest BCUT2D eigenvalue weighted by Crippen LogP contribution is 2.27. The predicted octanol–water partition coefficient (Wildman–Crippen LogP) is 4.19. The molecule has 0 spiro atoms. The van der Waals surface area contributed by atoms with Crippen LogP contribution in [0.25, 0.3) is 10.4 Å². The summed E-state index contributed by atoms with van der Waals surface area (Å²) in [6.45, 7) is 5.06. The van der Waals surface area contributed by atoms with Gasteiger partial charge in [-0.25, -0.2) is 0 Å². The molecule has 0 unspecified atom stereocenters. The Labute approximate surface area is 118 Å². The first kappa shape index (κ1) is 13.8. The molecule has 2 nitrogen and oxygen atoms in total. The fourth-order valence-electron chi connectivity index (χ4n) is 1.78. The molecule has 0 aliphatic rings. The van der Waals surface area contributed by atoms with Crippen LogP contribution >= 0.6 is 11.3 Å². The number of benzene rings is 1. The fraction of sp³-hybridized carbons (Fsp3) is 0.312. The normalized spacial score (nSPS) is 10.7. The number of amides is 1. The maximum atomic E-state index is 12.0. The third-order valence-electron chi connectivity index (χ3n) is 2.90. The van der Waals surface area contributed by atoms with Crippen LogP contribution in [0, 0.1) is 5.92 Å². The molecule has 2 aromatic rings. The lowest BCUT2D eigenvalue weighted by atomic mass is 10.1. The van der Waals surface area contributed by atoms with Crippen molar-refractivity contribution in [2.75, 3.05) is 6.54 Å². The average molecular weight is 273 g/mol. The molecule has 0 radical (unpaired) electrons. The Bertz CT molecular complexity index is 531. The summed E-state index contributed by atoms with van der Waals surface area (Å²) in [5, 5.41) is 2.97. The van der Waals surface area contributed by atoms with E-state index in [1.807, 2.05) is 30.3 Å². The van der Waals surface area contributed by atoms with Gasteiger partial charge in [-0.2, -0.15) is 0 Å². The van der Waals surface area contributed by atoms with Crippen molar-refractivity contribution in [1.82, 2.24) is 5.32 Å². The molecule has 1 N–H and O–H groups in total. The van der Waals surface area contributed by atoms with Crippen molar-refractivity contribution in [2.45, 2.75) is 20.3 Å². The standard InChI is InChI=1S/C16H19NOS/c1-12(2)10-11-17-16(18)15-9-8-14(19-15)13-6-4-3-5-7-13/h3-9,12H,10-11H2,1-2H3,(H,17,18). The quantitative estimate of drug-likeness (QED) is 0.869. The minimum absolute atomic E-state index is 0.0350. The number of nitrogens with one attached hydrogen (secondary N) is 1. The summed E-state index contributed by atoms with van der Waals surface area (Å²) < 4.78 is 0. The molecule has 1 amide bonds. The molecular weight excluding hydrogens is 254 g/mol. The summed E-state index contributed by atoms with van der Waals surface area (Å²) in [4.78, 5) is 13.9. The molecule has 0 aliphatic heterocycles. The van der Waals surface area contributed by atoms with Gasteiger partial charge in [0, 0.05) is 11.4 Å². The maximum absolute atomic E-state index is 12.0. The molecule has 0 fully saturated rings. The van der Waals surface area contributed by atoms with E-state index >= 15 is 0 Å². The van der Waals surface area contributed by atoms with E-state index in [-0.39, 0.29) is 5.91 Å². The van der Waals surface area contributed by atoms with Gasteiger partial charge >= 0.3 is 0 Å². The monoisotopic (exact) mass is 273 g/mol. The highest BCUT2D eigenvalue weighted by atomic mass is 32.1. The number of hydrogen-bond donors (Lipinski definition) is 1. The van der Waals surface area contributed by atoms with Crippen LogP contribution in [0.5, 0.6) is 0 Å². The Morgan fingerprint density at radius 1 is 1.16 bits per heavy atom. The molecule has 1 aromatic heterocycles. The number of thiophene rings is 1. The highest BCUT2D eigenvalue weighted by Gasteiger charge is 2.09. The topological polar surface area (TPSA) is 29.1 Å². The second-order valence-electron chi connectivity index (χ2n) is 4.97. The second-order valence-corrected chi connectivity index (χ2v) is 6.05. The van der Waals surface area contributed by atoms with Crippen molar-refractivity contribution in [3.8, 4) is 10.4 Å². The molecule has 0 saturated heterocycles. The molecule has 1 heterocycles. The summed E-state index contributed by atoms with van der Waals surface area (Å²) in [5.74, 6) is 0.649. The average Bonchev–Trinajstić information content (AvgIpc) is 2.89. The number of carbonyl (C=O) groups excluding carboxylic acids is 1. The van der Waals surface area contributed by atoms with Crippen molar-refractivity contribution in [1.29, 1.82) is 0 Å². The van der Waals surface area contributed by atoms with Gasteiger partial charge < -0.3 is 5.32 Å². The molecular formula is C16H19NOS. The van der Waals surface area contributed by atoms with E-state index in [1.165, 1.54) is 0 Å². The second kappa shape index (κ2) is 6.53. The van der Waals surface area contributed by atoms with Crippen LogP contribution in [0.15, 0.2) is 42.5 Å².